The number of hydrogen-bond donors (Lipinski definition) is 0. The second kappa shape index (κ2) is 4.64. The van der Waals surface area contributed by atoms with Crippen LogP contribution in [0.25, 0.3) is 0 Å². The number of pyridine rings is 1. The standard InChI is InChI=1S/C9H7F2IN2/c1-5-4-7(12)14-6(2-3-13)8(5)9(10)11/h4,9H,2H2,1H3. The van der Waals surface area contributed by atoms with Crippen LogP contribution in [0.3, 0.4) is 0 Å². The molecule has 0 spiro atoms. The van der Waals surface area contributed by atoms with Crippen LogP contribution in [0, 0.1) is 22.0 Å². The van der Waals surface area contributed by atoms with E-state index in [4.69, 9.17) is 5.26 Å². The van der Waals surface area contributed by atoms with Crippen LogP contribution in [-0.4, -0.2) is 4.98 Å². The van der Waals surface area contributed by atoms with E-state index in [1.807, 2.05) is 28.7 Å². The third kappa shape index (κ3) is 2.38. The molecule has 0 bridgehead atoms. The number of rotatable bonds is 2. The molecule has 1 aromatic rings. The summed E-state index contributed by atoms with van der Waals surface area (Å²) < 4.78 is 25.8. The van der Waals surface area contributed by atoms with Crippen LogP contribution in [0.15, 0.2) is 6.07 Å². The summed E-state index contributed by atoms with van der Waals surface area (Å²) in [6.45, 7) is 1.60. The van der Waals surface area contributed by atoms with Gasteiger partial charge in [-0.05, 0) is 41.1 Å². The van der Waals surface area contributed by atoms with Crippen molar-refractivity contribution in [1.82, 2.24) is 4.98 Å². The second-order valence-corrected chi connectivity index (χ2v) is 3.86. The van der Waals surface area contributed by atoms with Crippen molar-refractivity contribution in [1.29, 1.82) is 5.26 Å². The van der Waals surface area contributed by atoms with Gasteiger partial charge in [0.05, 0.1) is 18.2 Å². The van der Waals surface area contributed by atoms with Gasteiger partial charge in [0.2, 0.25) is 0 Å². The number of nitrogens with zero attached hydrogens (tertiary/aromatic N) is 2. The van der Waals surface area contributed by atoms with Gasteiger partial charge in [-0.2, -0.15) is 5.26 Å². The Balaban J connectivity index is 3.30. The third-order valence-corrected chi connectivity index (χ3v) is 2.33. The van der Waals surface area contributed by atoms with Gasteiger partial charge in [-0.3, -0.25) is 0 Å². The summed E-state index contributed by atoms with van der Waals surface area (Å²) in [6.07, 6.45) is -2.64. The Morgan fingerprint density at radius 3 is 2.79 bits per heavy atom. The number of nitriles is 1. The lowest BCUT2D eigenvalue weighted by atomic mass is 10.1. The van der Waals surface area contributed by atoms with E-state index in [1.54, 1.807) is 13.0 Å². The summed E-state index contributed by atoms with van der Waals surface area (Å²) >= 11 is 1.95. The van der Waals surface area contributed by atoms with Crippen molar-refractivity contribution in [3.05, 3.63) is 26.6 Å². The second-order valence-electron chi connectivity index (χ2n) is 2.76. The maximum atomic E-state index is 12.6. The van der Waals surface area contributed by atoms with Crippen molar-refractivity contribution in [3.63, 3.8) is 0 Å². The molecule has 74 valence electrons. The highest BCUT2D eigenvalue weighted by Gasteiger charge is 2.17. The van der Waals surface area contributed by atoms with Crippen molar-refractivity contribution in [2.75, 3.05) is 0 Å². The molecule has 0 aliphatic heterocycles. The molecule has 0 aromatic carbocycles. The Morgan fingerprint density at radius 2 is 2.29 bits per heavy atom. The van der Waals surface area contributed by atoms with Crippen LogP contribution in [0.5, 0.6) is 0 Å². The van der Waals surface area contributed by atoms with E-state index in [1.165, 1.54) is 0 Å². The first-order valence-electron chi connectivity index (χ1n) is 3.87. The third-order valence-electron chi connectivity index (χ3n) is 1.78. The number of aryl methyl sites for hydroxylation is 1. The van der Waals surface area contributed by atoms with E-state index in [0.29, 0.717) is 9.26 Å². The first-order chi connectivity index (χ1) is 6.56. The van der Waals surface area contributed by atoms with Gasteiger partial charge in [0, 0.05) is 5.56 Å². The lowest BCUT2D eigenvalue weighted by Gasteiger charge is -2.09. The van der Waals surface area contributed by atoms with Crippen molar-refractivity contribution in [3.8, 4) is 6.07 Å². The Kier molecular flexibility index (Phi) is 3.75. The first kappa shape index (κ1) is 11.3. The average Bonchev–Trinajstić information content (AvgIpc) is 2.01. The van der Waals surface area contributed by atoms with Crippen LogP contribution in [0.2, 0.25) is 0 Å². The minimum Gasteiger partial charge on any atom is -0.245 e. The van der Waals surface area contributed by atoms with Crippen LogP contribution in [0.1, 0.15) is 23.2 Å². The van der Waals surface area contributed by atoms with E-state index in [0.717, 1.165) is 0 Å². The van der Waals surface area contributed by atoms with E-state index in [2.05, 4.69) is 4.98 Å². The molecule has 0 saturated carbocycles. The number of aromatic nitrogens is 1. The molecule has 0 N–H and O–H groups in total. The fourth-order valence-electron chi connectivity index (χ4n) is 1.21. The Hall–Kier alpha value is -0.770. The lowest BCUT2D eigenvalue weighted by Crippen LogP contribution is -2.02. The molecular weight excluding hydrogens is 301 g/mol. The maximum Gasteiger partial charge on any atom is 0.265 e. The molecule has 0 aliphatic rings. The highest BCUT2D eigenvalue weighted by Crippen LogP contribution is 2.26. The molecule has 0 saturated heterocycles. The monoisotopic (exact) mass is 308 g/mol. The van der Waals surface area contributed by atoms with Gasteiger partial charge in [-0.1, -0.05) is 0 Å². The van der Waals surface area contributed by atoms with Crippen LogP contribution >= 0.6 is 22.6 Å². The predicted molar refractivity (Wildman–Crippen MR) is 56.0 cm³/mol. The molecule has 0 unspecified atom stereocenters. The predicted octanol–water partition coefficient (Wildman–Crippen LogP) is 3.00. The van der Waals surface area contributed by atoms with Crippen LogP contribution < -0.4 is 0 Å². The Labute approximate surface area is 94.1 Å². The van der Waals surface area contributed by atoms with Gasteiger partial charge >= 0.3 is 0 Å². The van der Waals surface area contributed by atoms with E-state index >= 15 is 0 Å². The van der Waals surface area contributed by atoms with Gasteiger partial charge in [0.1, 0.15) is 3.70 Å². The molecule has 1 heterocycles. The molecule has 14 heavy (non-hydrogen) atoms. The summed E-state index contributed by atoms with van der Waals surface area (Å²) in [4.78, 5) is 3.93. The molecular formula is C9H7F2IN2. The van der Waals surface area contributed by atoms with E-state index in [-0.39, 0.29) is 17.7 Å². The normalized spacial score (nSPS) is 10.3. The summed E-state index contributed by atoms with van der Waals surface area (Å²) in [5.41, 5.74) is 0.573. The highest BCUT2D eigenvalue weighted by molar-refractivity contribution is 14.1. The van der Waals surface area contributed by atoms with Gasteiger partial charge in [-0.25, -0.2) is 13.8 Å². The average molecular weight is 308 g/mol. The number of halogens is 3. The van der Waals surface area contributed by atoms with Gasteiger partial charge in [-0.15, -0.1) is 0 Å². The van der Waals surface area contributed by atoms with E-state index < -0.39 is 6.43 Å². The largest absolute Gasteiger partial charge is 0.265 e. The lowest BCUT2D eigenvalue weighted by molar-refractivity contribution is 0.149. The summed E-state index contributed by atoms with van der Waals surface area (Å²) in [5, 5.41) is 8.47. The van der Waals surface area contributed by atoms with Gasteiger partial charge in [0.25, 0.3) is 6.43 Å². The van der Waals surface area contributed by atoms with Gasteiger partial charge in [0.15, 0.2) is 0 Å². The smallest absolute Gasteiger partial charge is 0.245 e. The SMILES string of the molecule is Cc1cc(I)nc(CC#N)c1C(F)F. The fourth-order valence-corrected chi connectivity index (χ4v) is 1.97. The highest BCUT2D eigenvalue weighted by atomic mass is 127. The number of hydrogen-bond acceptors (Lipinski definition) is 2. The quantitative estimate of drug-likeness (QED) is 0.622. The fraction of sp³-hybridized carbons (Fsp3) is 0.333. The van der Waals surface area contributed by atoms with Crippen molar-refractivity contribution in [2.45, 2.75) is 19.8 Å². The molecule has 5 heteroatoms. The van der Waals surface area contributed by atoms with Crippen LogP contribution in [0.4, 0.5) is 8.78 Å². The Morgan fingerprint density at radius 1 is 1.64 bits per heavy atom. The minimum absolute atomic E-state index is 0.0721. The van der Waals surface area contributed by atoms with E-state index in [9.17, 15) is 8.78 Å². The zero-order valence-corrected chi connectivity index (χ0v) is 9.55. The number of alkyl halides is 2. The van der Waals surface area contributed by atoms with Crippen molar-refractivity contribution >= 4 is 22.6 Å². The maximum absolute atomic E-state index is 12.6. The molecule has 1 aromatic heterocycles. The minimum atomic E-state index is -2.57. The summed E-state index contributed by atoms with van der Waals surface area (Å²) in [7, 11) is 0. The molecule has 0 aliphatic carbocycles. The zero-order chi connectivity index (χ0) is 10.7. The molecule has 2 nitrogen and oxygen atoms in total. The molecule has 0 fully saturated rings. The van der Waals surface area contributed by atoms with Gasteiger partial charge < -0.3 is 0 Å². The Bertz CT molecular complexity index is 385. The zero-order valence-electron chi connectivity index (χ0n) is 7.39. The topological polar surface area (TPSA) is 36.7 Å². The molecule has 0 amide bonds. The van der Waals surface area contributed by atoms with Crippen molar-refractivity contribution < 1.29 is 8.78 Å². The van der Waals surface area contributed by atoms with Crippen LogP contribution in [-0.2, 0) is 6.42 Å². The first-order valence-corrected chi connectivity index (χ1v) is 4.95. The molecule has 0 radical (unpaired) electrons. The van der Waals surface area contributed by atoms with Crippen molar-refractivity contribution in [2.24, 2.45) is 0 Å². The molecule has 0 atom stereocenters. The summed E-state index contributed by atoms with van der Waals surface area (Å²) in [6, 6.07) is 3.42. The molecule has 1 rings (SSSR count). The summed E-state index contributed by atoms with van der Waals surface area (Å²) in [5.74, 6) is 0.